The fourth-order valence-corrected chi connectivity index (χ4v) is 2.28. The maximum absolute atomic E-state index is 11.0. The lowest BCUT2D eigenvalue weighted by molar-refractivity contribution is -0.385. The molecular weight excluding hydrogens is 348 g/mol. The maximum atomic E-state index is 11.0. The number of halogens is 2. The molecule has 2 rings (SSSR count). The van der Waals surface area contributed by atoms with Crippen LogP contribution >= 0.6 is 27.5 Å². The van der Waals surface area contributed by atoms with E-state index in [-0.39, 0.29) is 5.69 Å². The first-order chi connectivity index (χ1) is 9.60. The summed E-state index contributed by atoms with van der Waals surface area (Å²) in [6.45, 7) is 0.317. The molecule has 1 aromatic heterocycles. The van der Waals surface area contributed by atoms with Crippen molar-refractivity contribution in [2.24, 2.45) is 0 Å². The first kappa shape index (κ1) is 14.9. The van der Waals surface area contributed by atoms with E-state index >= 15 is 0 Å². The molecule has 20 heavy (non-hydrogen) atoms. The van der Waals surface area contributed by atoms with E-state index in [1.807, 2.05) is 0 Å². The third kappa shape index (κ3) is 3.77. The minimum absolute atomic E-state index is 0.0668. The van der Waals surface area contributed by atoms with Crippen LogP contribution in [0.1, 0.15) is 17.7 Å². The number of nitrogens with zero attached hydrogens (tertiary/aromatic N) is 4. The summed E-state index contributed by atoms with van der Waals surface area (Å²) < 4.78 is 2.27. The second-order valence-electron chi connectivity index (χ2n) is 4.23. The van der Waals surface area contributed by atoms with Crippen molar-refractivity contribution >= 4 is 33.2 Å². The fraction of sp³-hybridized carbons (Fsp3) is 0.333. The summed E-state index contributed by atoms with van der Waals surface area (Å²) in [4.78, 5) is 10.6. The van der Waals surface area contributed by atoms with Gasteiger partial charge in [0.25, 0.3) is 5.69 Å². The molecule has 1 aromatic carbocycles. The van der Waals surface area contributed by atoms with Crippen molar-refractivity contribution in [3.8, 4) is 0 Å². The molecule has 0 aliphatic carbocycles. The van der Waals surface area contributed by atoms with Crippen LogP contribution in [0.2, 0.25) is 0 Å². The van der Waals surface area contributed by atoms with Gasteiger partial charge in [-0.2, -0.15) is 0 Å². The summed E-state index contributed by atoms with van der Waals surface area (Å²) in [5, 5.41) is 19.0. The molecule has 0 unspecified atom stereocenters. The lowest BCUT2D eigenvalue weighted by Gasteiger charge is -2.03. The zero-order valence-electron chi connectivity index (χ0n) is 10.5. The lowest BCUT2D eigenvalue weighted by Crippen LogP contribution is -2.04. The summed E-state index contributed by atoms with van der Waals surface area (Å²) in [5.74, 6) is 0.574. The van der Waals surface area contributed by atoms with Gasteiger partial charge in [0.15, 0.2) is 0 Å². The molecule has 0 N–H and O–H groups in total. The second-order valence-corrected chi connectivity index (χ2v) is 5.52. The van der Waals surface area contributed by atoms with Crippen LogP contribution in [0.3, 0.4) is 0 Å². The highest BCUT2D eigenvalue weighted by molar-refractivity contribution is 9.10. The number of hydrogen-bond donors (Lipinski definition) is 0. The van der Waals surface area contributed by atoms with Crippen LogP contribution in [0.25, 0.3) is 0 Å². The van der Waals surface area contributed by atoms with Crippen LogP contribution in [0.15, 0.2) is 28.9 Å². The Morgan fingerprint density at radius 3 is 2.95 bits per heavy atom. The number of rotatable bonds is 6. The van der Waals surface area contributed by atoms with Crippen molar-refractivity contribution in [2.45, 2.75) is 19.4 Å². The molecule has 1 heterocycles. The SMILES string of the molecule is O=[N+]([O-])c1cc(Br)ccc1Cn1cc(CCCCl)nn1. The van der Waals surface area contributed by atoms with E-state index in [1.54, 1.807) is 23.0 Å². The van der Waals surface area contributed by atoms with Gasteiger partial charge in [-0.3, -0.25) is 10.1 Å². The van der Waals surface area contributed by atoms with Crippen molar-refractivity contribution < 1.29 is 4.92 Å². The molecule has 0 radical (unpaired) electrons. The number of nitro groups is 1. The molecule has 6 nitrogen and oxygen atoms in total. The molecule has 8 heteroatoms. The van der Waals surface area contributed by atoms with Gasteiger partial charge in [0.2, 0.25) is 0 Å². The Bertz CT molecular complexity index is 617. The monoisotopic (exact) mass is 358 g/mol. The third-order valence-electron chi connectivity index (χ3n) is 2.73. The van der Waals surface area contributed by atoms with Crippen LogP contribution in [-0.4, -0.2) is 25.8 Å². The Kier molecular flexibility index (Phi) is 5.08. The molecule has 106 valence electrons. The van der Waals surface area contributed by atoms with E-state index < -0.39 is 4.92 Å². The highest BCUT2D eigenvalue weighted by Gasteiger charge is 2.15. The standard InChI is InChI=1S/C12H12BrClN4O2/c13-10-4-3-9(12(6-10)18(19)20)7-17-8-11(15-16-17)2-1-5-14/h3-4,6,8H,1-2,5,7H2. The van der Waals surface area contributed by atoms with Gasteiger partial charge in [0.1, 0.15) is 0 Å². The van der Waals surface area contributed by atoms with Crippen LogP contribution in [-0.2, 0) is 13.0 Å². The van der Waals surface area contributed by atoms with Crippen molar-refractivity contribution in [3.05, 3.63) is 50.2 Å². The number of nitro benzene ring substituents is 1. The minimum Gasteiger partial charge on any atom is -0.258 e. The molecule has 0 saturated carbocycles. The molecule has 2 aromatic rings. The molecule has 0 atom stereocenters. The smallest absolute Gasteiger partial charge is 0.258 e. The van der Waals surface area contributed by atoms with Crippen molar-refractivity contribution in [1.29, 1.82) is 0 Å². The summed E-state index contributed by atoms with van der Waals surface area (Å²) in [6.07, 6.45) is 3.38. The Labute approximate surface area is 129 Å². The number of aryl methyl sites for hydroxylation is 1. The zero-order chi connectivity index (χ0) is 14.5. The van der Waals surface area contributed by atoms with Crippen LogP contribution in [0.4, 0.5) is 5.69 Å². The van der Waals surface area contributed by atoms with Crippen LogP contribution in [0.5, 0.6) is 0 Å². The molecule has 0 fully saturated rings. The lowest BCUT2D eigenvalue weighted by atomic mass is 10.2. The zero-order valence-corrected chi connectivity index (χ0v) is 12.8. The quantitative estimate of drug-likeness (QED) is 0.451. The average Bonchev–Trinajstić information content (AvgIpc) is 2.86. The van der Waals surface area contributed by atoms with Crippen molar-refractivity contribution in [1.82, 2.24) is 15.0 Å². The highest BCUT2D eigenvalue weighted by Crippen LogP contribution is 2.24. The third-order valence-corrected chi connectivity index (χ3v) is 3.49. The van der Waals surface area contributed by atoms with Gasteiger partial charge in [-0.05, 0) is 25.0 Å². The molecule has 0 spiro atoms. The molecule has 0 saturated heterocycles. The number of benzene rings is 1. The van der Waals surface area contributed by atoms with E-state index in [9.17, 15) is 10.1 Å². The molecule has 0 amide bonds. The van der Waals surface area contributed by atoms with Crippen LogP contribution < -0.4 is 0 Å². The van der Waals surface area contributed by atoms with E-state index in [2.05, 4.69) is 26.2 Å². The van der Waals surface area contributed by atoms with Crippen LogP contribution in [0, 0.1) is 10.1 Å². The Morgan fingerprint density at radius 2 is 2.25 bits per heavy atom. The molecule has 0 bridgehead atoms. The first-order valence-corrected chi connectivity index (χ1v) is 7.30. The number of aromatic nitrogens is 3. The van der Waals surface area contributed by atoms with Gasteiger partial charge in [-0.1, -0.05) is 21.1 Å². The predicted octanol–water partition coefficient (Wildman–Crippen LogP) is 3.17. The fourth-order valence-electron chi connectivity index (χ4n) is 1.79. The van der Waals surface area contributed by atoms with E-state index in [1.165, 1.54) is 6.07 Å². The molecule has 0 aliphatic heterocycles. The van der Waals surface area contributed by atoms with E-state index in [0.29, 0.717) is 22.5 Å². The normalized spacial score (nSPS) is 10.7. The summed E-state index contributed by atoms with van der Waals surface area (Å²) in [5.41, 5.74) is 1.49. The summed E-state index contributed by atoms with van der Waals surface area (Å²) in [6, 6.07) is 4.97. The molecular formula is C12H12BrClN4O2. The predicted molar refractivity (Wildman–Crippen MR) is 79.0 cm³/mol. The van der Waals surface area contributed by atoms with E-state index in [4.69, 9.17) is 11.6 Å². The highest BCUT2D eigenvalue weighted by atomic mass is 79.9. The van der Waals surface area contributed by atoms with Gasteiger partial charge < -0.3 is 0 Å². The Morgan fingerprint density at radius 1 is 1.45 bits per heavy atom. The molecule has 0 aliphatic rings. The van der Waals surface area contributed by atoms with Gasteiger partial charge in [0, 0.05) is 22.6 Å². The van der Waals surface area contributed by atoms with Gasteiger partial charge >= 0.3 is 0 Å². The number of alkyl halides is 1. The Hall–Kier alpha value is -1.47. The topological polar surface area (TPSA) is 73.8 Å². The average molecular weight is 360 g/mol. The number of hydrogen-bond acceptors (Lipinski definition) is 4. The van der Waals surface area contributed by atoms with E-state index in [0.717, 1.165) is 18.5 Å². The van der Waals surface area contributed by atoms with Crippen molar-refractivity contribution in [3.63, 3.8) is 0 Å². The maximum Gasteiger partial charge on any atom is 0.275 e. The largest absolute Gasteiger partial charge is 0.275 e. The summed E-state index contributed by atoms with van der Waals surface area (Å²) in [7, 11) is 0. The Balaban J connectivity index is 2.17. The first-order valence-electron chi connectivity index (χ1n) is 5.98. The summed E-state index contributed by atoms with van der Waals surface area (Å²) >= 11 is 8.85. The van der Waals surface area contributed by atoms with Gasteiger partial charge in [0.05, 0.1) is 22.7 Å². The minimum atomic E-state index is -0.397. The van der Waals surface area contributed by atoms with Crippen molar-refractivity contribution in [2.75, 3.05) is 5.88 Å². The van der Waals surface area contributed by atoms with Gasteiger partial charge in [-0.15, -0.1) is 16.7 Å². The second kappa shape index (κ2) is 6.81. The van der Waals surface area contributed by atoms with Gasteiger partial charge in [-0.25, -0.2) is 4.68 Å².